The fourth-order valence-corrected chi connectivity index (χ4v) is 0.899. The molecule has 0 saturated heterocycles. The van der Waals surface area contributed by atoms with Gasteiger partial charge in [0.1, 0.15) is 0 Å². The van der Waals surface area contributed by atoms with Gasteiger partial charge in [-0.1, -0.05) is 13.8 Å². The van der Waals surface area contributed by atoms with E-state index < -0.39 is 18.7 Å². The number of nitrogens with one attached hydrogen (secondary N) is 1. The van der Waals surface area contributed by atoms with Crippen LogP contribution in [-0.2, 0) is 0 Å². The molecular formula is C9H18F3NO. The van der Waals surface area contributed by atoms with Gasteiger partial charge >= 0.3 is 6.18 Å². The van der Waals surface area contributed by atoms with Crippen molar-refractivity contribution in [1.29, 1.82) is 0 Å². The summed E-state index contributed by atoms with van der Waals surface area (Å²) in [6, 6.07) is 0. The van der Waals surface area contributed by atoms with Crippen molar-refractivity contribution in [3.05, 3.63) is 0 Å². The van der Waals surface area contributed by atoms with Crippen LogP contribution in [0, 0.1) is 5.92 Å². The molecule has 0 heterocycles. The van der Waals surface area contributed by atoms with Crippen LogP contribution in [0.25, 0.3) is 0 Å². The number of aliphatic hydroxyl groups is 1. The minimum Gasteiger partial charge on any atom is -0.392 e. The summed E-state index contributed by atoms with van der Waals surface area (Å²) in [4.78, 5) is 0. The molecule has 0 spiro atoms. The van der Waals surface area contributed by atoms with Crippen molar-refractivity contribution in [1.82, 2.24) is 5.32 Å². The van der Waals surface area contributed by atoms with Gasteiger partial charge in [0.25, 0.3) is 0 Å². The van der Waals surface area contributed by atoms with Crippen LogP contribution in [0.3, 0.4) is 0 Å². The Balaban J connectivity index is 3.30. The molecule has 1 unspecified atom stereocenters. The summed E-state index contributed by atoms with van der Waals surface area (Å²) in [5.74, 6) is 0.130. The average Bonchev–Trinajstić information content (AvgIpc) is 2.01. The molecule has 0 aliphatic heterocycles. The zero-order valence-electron chi connectivity index (χ0n) is 8.56. The van der Waals surface area contributed by atoms with Crippen LogP contribution in [0.5, 0.6) is 0 Å². The first-order valence-corrected chi connectivity index (χ1v) is 4.78. The molecule has 0 aliphatic carbocycles. The predicted octanol–water partition coefficient (Wildman–Crippen LogP) is 1.94. The predicted molar refractivity (Wildman–Crippen MR) is 49.0 cm³/mol. The van der Waals surface area contributed by atoms with Crippen LogP contribution in [-0.4, -0.2) is 30.5 Å². The summed E-state index contributed by atoms with van der Waals surface area (Å²) < 4.78 is 35.1. The third-order valence-corrected chi connectivity index (χ3v) is 1.94. The summed E-state index contributed by atoms with van der Waals surface area (Å²) in [7, 11) is 0. The molecule has 0 amide bonds. The molecule has 86 valence electrons. The maximum Gasteiger partial charge on any atom is 0.389 e. The molecule has 14 heavy (non-hydrogen) atoms. The SMILES string of the molecule is CC(C)C(O)CNCCCC(F)(F)F. The number of aliphatic hydroxyl groups excluding tert-OH is 1. The lowest BCUT2D eigenvalue weighted by Gasteiger charge is -2.15. The second kappa shape index (κ2) is 6.24. The van der Waals surface area contributed by atoms with E-state index in [4.69, 9.17) is 0 Å². The van der Waals surface area contributed by atoms with Crippen molar-refractivity contribution in [2.75, 3.05) is 13.1 Å². The molecule has 2 N–H and O–H groups in total. The molecule has 0 saturated carbocycles. The number of rotatable bonds is 6. The smallest absolute Gasteiger partial charge is 0.389 e. The van der Waals surface area contributed by atoms with Crippen LogP contribution in [0.15, 0.2) is 0 Å². The Morgan fingerprint density at radius 1 is 1.29 bits per heavy atom. The molecular weight excluding hydrogens is 195 g/mol. The van der Waals surface area contributed by atoms with Gasteiger partial charge in [0.05, 0.1) is 6.10 Å². The fraction of sp³-hybridized carbons (Fsp3) is 1.00. The Morgan fingerprint density at radius 2 is 1.86 bits per heavy atom. The van der Waals surface area contributed by atoms with E-state index in [-0.39, 0.29) is 12.3 Å². The van der Waals surface area contributed by atoms with E-state index in [1.807, 2.05) is 13.8 Å². The van der Waals surface area contributed by atoms with Crippen LogP contribution in [0.1, 0.15) is 26.7 Å². The van der Waals surface area contributed by atoms with Gasteiger partial charge in [0.2, 0.25) is 0 Å². The molecule has 0 aromatic rings. The van der Waals surface area contributed by atoms with Crippen LogP contribution >= 0.6 is 0 Å². The van der Waals surface area contributed by atoms with Crippen LogP contribution in [0.4, 0.5) is 13.2 Å². The topological polar surface area (TPSA) is 32.3 Å². The molecule has 0 aromatic heterocycles. The molecule has 0 fully saturated rings. The molecule has 0 rings (SSSR count). The van der Waals surface area contributed by atoms with Gasteiger partial charge in [-0.3, -0.25) is 0 Å². The normalized spacial score (nSPS) is 14.8. The van der Waals surface area contributed by atoms with Crippen LogP contribution in [0.2, 0.25) is 0 Å². The van der Waals surface area contributed by atoms with E-state index in [9.17, 15) is 18.3 Å². The minimum atomic E-state index is -4.07. The molecule has 0 radical (unpaired) electrons. The van der Waals surface area contributed by atoms with Crippen molar-refractivity contribution in [3.8, 4) is 0 Å². The van der Waals surface area contributed by atoms with E-state index in [1.165, 1.54) is 0 Å². The van der Waals surface area contributed by atoms with Crippen molar-refractivity contribution >= 4 is 0 Å². The number of halogens is 3. The lowest BCUT2D eigenvalue weighted by Crippen LogP contribution is -2.31. The third-order valence-electron chi connectivity index (χ3n) is 1.94. The molecule has 2 nitrogen and oxygen atoms in total. The highest BCUT2D eigenvalue weighted by Crippen LogP contribution is 2.20. The average molecular weight is 213 g/mol. The Labute approximate surface area is 82.5 Å². The third kappa shape index (κ3) is 8.31. The largest absolute Gasteiger partial charge is 0.392 e. The summed E-state index contributed by atoms with van der Waals surface area (Å²) in [5.41, 5.74) is 0. The zero-order chi connectivity index (χ0) is 11.2. The monoisotopic (exact) mass is 213 g/mol. The minimum absolute atomic E-state index is 0.0638. The van der Waals surface area contributed by atoms with Crippen molar-refractivity contribution in [2.45, 2.75) is 39.0 Å². The first-order valence-electron chi connectivity index (χ1n) is 4.78. The standard InChI is InChI=1S/C9H18F3NO/c1-7(2)8(14)6-13-5-3-4-9(10,11)12/h7-8,13-14H,3-6H2,1-2H3. The van der Waals surface area contributed by atoms with Gasteiger partial charge in [0.15, 0.2) is 0 Å². The highest BCUT2D eigenvalue weighted by atomic mass is 19.4. The lowest BCUT2D eigenvalue weighted by atomic mass is 10.1. The molecule has 0 aromatic carbocycles. The quantitative estimate of drug-likeness (QED) is 0.661. The molecule has 0 bridgehead atoms. The summed E-state index contributed by atoms with van der Waals surface area (Å²) >= 11 is 0. The Hall–Kier alpha value is -0.290. The van der Waals surface area contributed by atoms with Gasteiger partial charge in [-0.25, -0.2) is 0 Å². The van der Waals surface area contributed by atoms with E-state index >= 15 is 0 Å². The Morgan fingerprint density at radius 3 is 2.29 bits per heavy atom. The Kier molecular flexibility index (Phi) is 6.11. The number of hydrogen-bond acceptors (Lipinski definition) is 2. The van der Waals surface area contributed by atoms with Gasteiger partial charge in [-0.2, -0.15) is 13.2 Å². The highest BCUT2D eigenvalue weighted by molar-refractivity contribution is 4.63. The first kappa shape index (κ1) is 13.7. The van der Waals surface area contributed by atoms with E-state index in [1.54, 1.807) is 0 Å². The van der Waals surface area contributed by atoms with Crippen molar-refractivity contribution < 1.29 is 18.3 Å². The van der Waals surface area contributed by atoms with E-state index in [0.29, 0.717) is 13.1 Å². The summed E-state index contributed by atoms with van der Waals surface area (Å²) in [6.45, 7) is 4.38. The summed E-state index contributed by atoms with van der Waals surface area (Å²) in [6.07, 6.45) is -5.26. The molecule has 5 heteroatoms. The number of hydrogen-bond donors (Lipinski definition) is 2. The first-order chi connectivity index (χ1) is 6.33. The summed E-state index contributed by atoms with van der Waals surface area (Å²) in [5, 5.41) is 12.1. The van der Waals surface area contributed by atoms with Gasteiger partial charge < -0.3 is 10.4 Å². The highest BCUT2D eigenvalue weighted by Gasteiger charge is 2.25. The number of alkyl halides is 3. The Bertz CT molecular complexity index is 147. The van der Waals surface area contributed by atoms with Crippen molar-refractivity contribution in [3.63, 3.8) is 0 Å². The second-order valence-corrected chi connectivity index (χ2v) is 3.73. The van der Waals surface area contributed by atoms with Gasteiger partial charge in [0, 0.05) is 13.0 Å². The van der Waals surface area contributed by atoms with E-state index in [0.717, 1.165) is 0 Å². The zero-order valence-corrected chi connectivity index (χ0v) is 8.56. The molecule has 1 atom stereocenters. The van der Waals surface area contributed by atoms with Crippen LogP contribution < -0.4 is 5.32 Å². The van der Waals surface area contributed by atoms with Gasteiger partial charge in [-0.05, 0) is 18.9 Å². The van der Waals surface area contributed by atoms with Crippen molar-refractivity contribution in [2.24, 2.45) is 5.92 Å². The van der Waals surface area contributed by atoms with E-state index in [2.05, 4.69) is 5.32 Å². The molecule has 0 aliphatic rings. The maximum absolute atomic E-state index is 11.7. The second-order valence-electron chi connectivity index (χ2n) is 3.73. The lowest BCUT2D eigenvalue weighted by molar-refractivity contribution is -0.135. The van der Waals surface area contributed by atoms with Gasteiger partial charge in [-0.15, -0.1) is 0 Å². The fourth-order valence-electron chi connectivity index (χ4n) is 0.899. The maximum atomic E-state index is 11.7.